The van der Waals surface area contributed by atoms with Crippen molar-refractivity contribution in [2.24, 2.45) is 5.73 Å². The second-order valence-corrected chi connectivity index (χ2v) is 3.57. The number of benzene rings is 1. The molecule has 0 saturated heterocycles. The summed E-state index contributed by atoms with van der Waals surface area (Å²) < 4.78 is 5.04. The van der Waals surface area contributed by atoms with Gasteiger partial charge in [0.05, 0.1) is 6.61 Å². The maximum atomic E-state index is 6.00. The van der Waals surface area contributed by atoms with Crippen molar-refractivity contribution >= 4 is 0 Å². The van der Waals surface area contributed by atoms with Crippen molar-refractivity contribution in [3.8, 4) is 0 Å². The van der Waals surface area contributed by atoms with E-state index in [1.54, 1.807) is 7.11 Å². The Bertz CT molecular complexity index is 256. The van der Waals surface area contributed by atoms with Crippen LogP contribution in [0, 0.1) is 0 Å². The fraction of sp³-hybridized carbons (Fsp3) is 0.500. The third kappa shape index (κ3) is 3.13. The molecule has 78 valence electrons. The molecule has 0 radical (unpaired) electrons. The molecule has 2 nitrogen and oxygen atoms in total. The summed E-state index contributed by atoms with van der Waals surface area (Å²) in [5, 5.41) is 0. The van der Waals surface area contributed by atoms with Crippen molar-refractivity contribution < 1.29 is 4.74 Å². The van der Waals surface area contributed by atoms with Gasteiger partial charge in [0.25, 0.3) is 0 Å². The van der Waals surface area contributed by atoms with Crippen LogP contribution in [0.4, 0.5) is 0 Å². The summed E-state index contributed by atoms with van der Waals surface area (Å²) in [5.41, 5.74) is 8.41. The molecule has 0 bridgehead atoms. The van der Waals surface area contributed by atoms with Crippen LogP contribution in [0.5, 0.6) is 0 Å². The molecule has 0 fully saturated rings. The Labute approximate surface area is 86.1 Å². The summed E-state index contributed by atoms with van der Waals surface area (Å²) in [7, 11) is 1.71. The second kappa shape index (κ2) is 5.78. The number of rotatable bonds is 5. The number of methoxy groups -OCH3 is 1. The Kier molecular flexibility index (Phi) is 4.63. The molecule has 14 heavy (non-hydrogen) atoms. The standard InChI is InChI=1S/C12H19NO/c1-3-4-12(13)11-7-5-10(6-8-11)9-14-2/h5-8,12H,3-4,9,13H2,1-2H3/t12-/m0/s1. The number of nitrogens with two attached hydrogens (primary N) is 1. The van der Waals surface area contributed by atoms with E-state index in [1.165, 1.54) is 11.1 Å². The molecule has 0 aromatic heterocycles. The third-order valence-electron chi connectivity index (χ3n) is 2.32. The molecule has 0 aliphatic rings. The van der Waals surface area contributed by atoms with E-state index in [0.717, 1.165) is 12.8 Å². The van der Waals surface area contributed by atoms with E-state index in [9.17, 15) is 0 Å². The van der Waals surface area contributed by atoms with Crippen LogP contribution >= 0.6 is 0 Å². The lowest BCUT2D eigenvalue weighted by Gasteiger charge is -2.11. The largest absolute Gasteiger partial charge is 0.380 e. The highest BCUT2D eigenvalue weighted by Gasteiger charge is 2.03. The molecule has 0 unspecified atom stereocenters. The summed E-state index contributed by atoms with van der Waals surface area (Å²) in [5.74, 6) is 0. The molecule has 0 amide bonds. The first-order valence-corrected chi connectivity index (χ1v) is 5.11. The molecule has 2 heteroatoms. The van der Waals surface area contributed by atoms with Crippen LogP contribution in [0.2, 0.25) is 0 Å². The van der Waals surface area contributed by atoms with E-state index in [2.05, 4.69) is 31.2 Å². The van der Waals surface area contributed by atoms with Gasteiger partial charge in [-0.2, -0.15) is 0 Å². The van der Waals surface area contributed by atoms with E-state index in [4.69, 9.17) is 10.5 Å². The SMILES string of the molecule is CCC[C@H](N)c1ccc(COC)cc1. The van der Waals surface area contributed by atoms with E-state index in [1.807, 2.05) is 0 Å². The number of ether oxygens (including phenoxy) is 1. The molecular weight excluding hydrogens is 174 g/mol. The third-order valence-corrected chi connectivity index (χ3v) is 2.32. The summed E-state index contributed by atoms with van der Waals surface area (Å²) >= 11 is 0. The Hall–Kier alpha value is -0.860. The highest BCUT2D eigenvalue weighted by molar-refractivity contribution is 5.24. The predicted octanol–water partition coefficient (Wildman–Crippen LogP) is 2.63. The summed E-state index contributed by atoms with van der Waals surface area (Å²) in [6, 6.07) is 8.52. The zero-order valence-electron chi connectivity index (χ0n) is 8.99. The van der Waals surface area contributed by atoms with Crippen LogP contribution < -0.4 is 5.73 Å². The van der Waals surface area contributed by atoms with Crippen molar-refractivity contribution in [3.05, 3.63) is 35.4 Å². The minimum Gasteiger partial charge on any atom is -0.380 e. The Morgan fingerprint density at radius 2 is 1.93 bits per heavy atom. The molecule has 0 aliphatic heterocycles. The molecule has 1 atom stereocenters. The van der Waals surface area contributed by atoms with Gasteiger partial charge >= 0.3 is 0 Å². The van der Waals surface area contributed by atoms with Crippen LogP contribution in [0.3, 0.4) is 0 Å². The van der Waals surface area contributed by atoms with Gasteiger partial charge in [-0.15, -0.1) is 0 Å². The maximum Gasteiger partial charge on any atom is 0.0713 e. The highest BCUT2D eigenvalue weighted by atomic mass is 16.5. The zero-order valence-corrected chi connectivity index (χ0v) is 8.99. The minimum absolute atomic E-state index is 0.177. The van der Waals surface area contributed by atoms with Crippen LogP contribution in [0.1, 0.15) is 36.9 Å². The van der Waals surface area contributed by atoms with Crippen LogP contribution in [0.25, 0.3) is 0 Å². The zero-order chi connectivity index (χ0) is 10.4. The smallest absolute Gasteiger partial charge is 0.0713 e. The monoisotopic (exact) mass is 193 g/mol. The van der Waals surface area contributed by atoms with E-state index in [0.29, 0.717) is 6.61 Å². The van der Waals surface area contributed by atoms with E-state index in [-0.39, 0.29) is 6.04 Å². The summed E-state index contributed by atoms with van der Waals surface area (Å²) in [4.78, 5) is 0. The Morgan fingerprint density at radius 1 is 1.29 bits per heavy atom. The van der Waals surface area contributed by atoms with Crippen LogP contribution in [0.15, 0.2) is 24.3 Å². The molecule has 0 aliphatic carbocycles. The lowest BCUT2D eigenvalue weighted by atomic mass is 10.0. The van der Waals surface area contributed by atoms with Gasteiger partial charge in [0.1, 0.15) is 0 Å². The van der Waals surface area contributed by atoms with E-state index < -0.39 is 0 Å². The van der Waals surface area contributed by atoms with E-state index >= 15 is 0 Å². The Morgan fingerprint density at radius 3 is 2.43 bits per heavy atom. The van der Waals surface area contributed by atoms with Crippen molar-refractivity contribution in [2.75, 3.05) is 7.11 Å². The van der Waals surface area contributed by atoms with Gasteiger partial charge < -0.3 is 10.5 Å². The summed E-state index contributed by atoms with van der Waals surface area (Å²) in [6.45, 7) is 2.82. The molecule has 2 N–H and O–H groups in total. The fourth-order valence-electron chi connectivity index (χ4n) is 1.51. The maximum absolute atomic E-state index is 6.00. The molecule has 1 aromatic rings. The van der Waals surface area contributed by atoms with Gasteiger partial charge in [0, 0.05) is 13.2 Å². The highest BCUT2D eigenvalue weighted by Crippen LogP contribution is 2.16. The second-order valence-electron chi connectivity index (χ2n) is 3.57. The van der Waals surface area contributed by atoms with Gasteiger partial charge in [0.15, 0.2) is 0 Å². The number of hydrogen-bond acceptors (Lipinski definition) is 2. The molecule has 0 spiro atoms. The summed E-state index contributed by atoms with van der Waals surface area (Å²) in [6.07, 6.45) is 2.17. The first kappa shape index (κ1) is 11.2. The predicted molar refractivity (Wildman–Crippen MR) is 59.0 cm³/mol. The van der Waals surface area contributed by atoms with Gasteiger partial charge in [0.2, 0.25) is 0 Å². The van der Waals surface area contributed by atoms with Gasteiger partial charge in [-0.05, 0) is 17.5 Å². The lowest BCUT2D eigenvalue weighted by Crippen LogP contribution is -2.09. The fourth-order valence-corrected chi connectivity index (χ4v) is 1.51. The molecule has 1 aromatic carbocycles. The van der Waals surface area contributed by atoms with Crippen LogP contribution in [-0.4, -0.2) is 7.11 Å². The first-order valence-electron chi connectivity index (χ1n) is 5.11. The molecule has 0 heterocycles. The number of hydrogen-bond donors (Lipinski definition) is 1. The van der Waals surface area contributed by atoms with Crippen LogP contribution in [-0.2, 0) is 11.3 Å². The normalized spacial score (nSPS) is 12.8. The first-order chi connectivity index (χ1) is 6.77. The quantitative estimate of drug-likeness (QED) is 0.780. The van der Waals surface area contributed by atoms with Gasteiger partial charge in [-0.3, -0.25) is 0 Å². The van der Waals surface area contributed by atoms with Crippen molar-refractivity contribution in [1.29, 1.82) is 0 Å². The van der Waals surface area contributed by atoms with Crippen molar-refractivity contribution in [2.45, 2.75) is 32.4 Å². The average molecular weight is 193 g/mol. The molecular formula is C12H19NO. The molecule has 1 rings (SSSR count). The lowest BCUT2D eigenvalue weighted by molar-refractivity contribution is 0.185. The minimum atomic E-state index is 0.177. The molecule has 0 saturated carbocycles. The Balaban J connectivity index is 2.62. The van der Waals surface area contributed by atoms with Crippen molar-refractivity contribution in [1.82, 2.24) is 0 Å². The van der Waals surface area contributed by atoms with Crippen molar-refractivity contribution in [3.63, 3.8) is 0 Å². The average Bonchev–Trinajstić information content (AvgIpc) is 2.20. The topological polar surface area (TPSA) is 35.2 Å². The van der Waals surface area contributed by atoms with Gasteiger partial charge in [-0.25, -0.2) is 0 Å². The van der Waals surface area contributed by atoms with Gasteiger partial charge in [-0.1, -0.05) is 37.6 Å².